The van der Waals surface area contributed by atoms with Gasteiger partial charge < -0.3 is 4.90 Å². The number of hydrogen-bond donors (Lipinski definition) is 0. The third-order valence-electron chi connectivity index (χ3n) is 2.87. The normalized spacial score (nSPS) is 16.7. The maximum atomic E-state index is 12.0. The molecule has 1 aromatic heterocycles. The van der Waals surface area contributed by atoms with Gasteiger partial charge in [-0.1, -0.05) is 6.92 Å². The fourth-order valence-corrected chi connectivity index (χ4v) is 1.88. The van der Waals surface area contributed by atoms with Crippen LogP contribution in [0.25, 0.3) is 0 Å². The van der Waals surface area contributed by atoms with E-state index in [9.17, 15) is 4.79 Å². The summed E-state index contributed by atoms with van der Waals surface area (Å²) in [5.41, 5.74) is 1.11. The maximum Gasteiger partial charge on any atom is 0.344 e. The van der Waals surface area contributed by atoms with Crippen molar-refractivity contribution in [2.75, 3.05) is 13.1 Å². The van der Waals surface area contributed by atoms with Crippen molar-refractivity contribution in [1.29, 1.82) is 0 Å². The van der Waals surface area contributed by atoms with E-state index in [0.717, 1.165) is 37.9 Å². The summed E-state index contributed by atoms with van der Waals surface area (Å²) in [4.78, 5) is 13.8. The molecule has 0 saturated carbocycles. The molecule has 4 nitrogen and oxygen atoms in total. The summed E-state index contributed by atoms with van der Waals surface area (Å²) in [6, 6.07) is 0.0226. The Kier molecular flexibility index (Phi) is 3.04. The van der Waals surface area contributed by atoms with Crippen molar-refractivity contribution < 1.29 is 4.79 Å². The Morgan fingerprint density at radius 1 is 1.40 bits per heavy atom. The highest BCUT2D eigenvalue weighted by molar-refractivity contribution is 5.76. The molecule has 82 valence electrons. The Hall–Kier alpha value is -1.32. The molecular formula is C11H17N3O. The molecule has 0 spiro atoms. The molecule has 0 N–H and O–H groups in total. The Morgan fingerprint density at radius 3 is 2.73 bits per heavy atom. The average Bonchev–Trinajstić information content (AvgIpc) is 2.78. The Bertz CT molecular complexity index is 339. The van der Waals surface area contributed by atoms with Crippen molar-refractivity contribution in [3.8, 4) is 0 Å². The van der Waals surface area contributed by atoms with Crippen LogP contribution in [0.15, 0.2) is 12.4 Å². The molecule has 1 aliphatic rings. The lowest BCUT2D eigenvalue weighted by atomic mass is 10.1. The maximum absolute atomic E-state index is 12.0. The molecule has 0 aromatic carbocycles. The summed E-state index contributed by atoms with van der Waals surface area (Å²) in [7, 11) is 0. The van der Waals surface area contributed by atoms with Crippen molar-refractivity contribution in [1.82, 2.24) is 14.7 Å². The zero-order valence-corrected chi connectivity index (χ0v) is 9.15. The predicted octanol–water partition coefficient (Wildman–Crippen LogP) is 1.90. The molecule has 2 heterocycles. The van der Waals surface area contributed by atoms with E-state index in [4.69, 9.17) is 0 Å². The van der Waals surface area contributed by atoms with Crippen molar-refractivity contribution in [3.05, 3.63) is 18.0 Å². The van der Waals surface area contributed by atoms with Gasteiger partial charge in [0.05, 0.1) is 6.20 Å². The van der Waals surface area contributed by atoms with Crippen LogP contribution in [-0.2, 0) is 6.42 Å². The van der Waals surface area contributed by atoms with E-state index in [1.165, 1.54) is 11.1 Å². The summed E-state index contributed by atoms with van der Waals surface area (Å²) < 4.78 is 1.46. The first-order chi connectivity index (χ1) is 7.31. The molecular weight excluding hydrogens is 190 g/mol. The Labute approximate surface area is 89.9 Å². The van der Waals surface area contributed by atoms with Crippen LogP contribution in [0.5, 0.6) is 0 Å². The van der Waals surface area contributed by atoms with Gasteiger partial charge in [-0.05, 0) is 31.2 Å². The van der Waals surface area contributed by atoms with Crippen LogP contribution in [0, 0.1) is 0 Å². The van der Waals surface area contributed by atoms with Crippen LogP contribution in [0.4, 0.5) is 4.79 Å². The topological polar surface area (TPSA) is 38.1 Å². The third kappa shape index (κ3) is 2.19. The van der Waals surface area contributed by atoms with Crippen LogP contribution in [0.1, 0.15) is 31.7 Å². The number of hydrogen-bond acceptors (Lipinski definition) is 2. The molecule has 0 atom stereocenters. The highest BCUT2D eigenvalue weighted by Gasteiger charge is 2.18. The van der Waals surface area contributed by atoms with Gasteiger partial charge in [-0.15, -0.1) is 0 Å². The SMILES string of the molecule is CCc1cnn(C(=O)N2CCCCC2)c1. The summed E-state index contributed by atoms with van der Waals surface area (Å²) in [6.45, 7) is 3.81. The number of carbonyl (C=O) groups is 1. The van der Waals surface area contributed by atoms with Crippen molar-refractivity contribution in [2.24, 2.45) is 0 Å². The highest BCUT2D eigenvalue weighted by Crippen LogP contribution is 2.10. The van der Waals surface area contributed by atoms with E-state index in [-0.39, 0.29) is 6.03 Å². The van der Waals surface area contributed by atoms with E-state index in [1.54, 1.807) is 6.20 Å². The number of carbonyl (C=O) groups excluding carboxylic acids is 1. The average molecular weight is 207 g/mol. The molecule has 0 unspecified atom stereocenters. The highest BCUT2D eigenvalue weighted by atomic mass is 16.2. The van der Waals surface area contributed by atoms with Gasteiger partial charge in [-0.2, -0.15) is 9.78 Å². The number of aryl methyl sites for hydroxylation is 1. The lowest BCUT2D eigenvalue weighted by Crippen LogP contribution is -2.38. The van der Waals surface area contributed by atoms with Gasteiger partial charge in [0.2, 0.25) is 0 Å². The molecule has 15 heavy (non-hydrogen) atoms. The predicted molar refractivity (Wildman–Crippen MR) is 57.8 cm³/mol. The minimum absolute atomic E-state index is 0.0226. The van der Waals surface area contributed by atoms with Crippen LogP contribution in [-0.4, -0.2) is 33.8 Å². The minimum atomic E-state index is 0.0226. The van der Waals surface area contributed by atoms with Crippen molar-refractivity contribution in [2.45, 2.75) is 32.6 Å². The number of rotatable bonds is 1. The van der Waals surface area contributed by atoms with E-state index in [0.29, 0.717) is 0 Å². The number of piperidine rings is 1. The van der Waals surface area contributed by atoms with Crippen molar-refractivity contribution >= 4 is 6.03 Å². The smallest absolute Gasteiger partial charge is 0.323 e. The fraction of sp³-hybridized carbons (Fsp3) is 0.636. The van der Waals surface area contributed by atoms with Crippen LogP contribution in [0.3, 0.4) is 0 Å². The van der Waals surface area contributed by atoms with Gasteiger partial charge in [-0.3, -0.25) is 0 Å². The first-order valence-corrected chi connectivity index (χ1v) is 5.64. The second-order valence-corrected chi connectivity index (χ2v) is 3.98. The lowest BCUT2D eigenvalue weighted by molar-refractivity contribution is 0.185. The molecule has 0 radical (unpaired) electrons. The van der Waals surface area contributed by atoms with E-state index >= 15 is 0 Å². The molecule has 1 aromatic rings. The van der Waals surface area contributed by atoms with Gasteiger partial charge in [0.25, 0.3) is 0 Å². The molecule has 2 rings (SSSR count). The zero-order chi connectivity index (χ0) is 10.7. The zero-order valence-electron chi connectivity index (χ0n) is 9.15. The lowest BCUT2D eigenvalue weighted by Gasteiger charge is -2.25. The van der Waals surface area contributed by atoms with Crippen LogP contribution in [0.2, 0.25) is 0 Å². The Balaban J connectivity index is 2.05. The largest absolute Gasteiger partial charge is 0.344 e. The standard InChI is InChI=1S/C11H17N3O/c1-2-10-8-12-14(9-10)11(15)13-6-4-3-5-7-13/h8-9H,2-7H2,1H3. The number of nitrogens with zero attached hydrogens (tertiary/aromatic N) is 3. The van der Waals surface area contributed by atoms with E-state index < -0.39 is 0 Å². The quantitative estimate of drug-likeness (QED) is 0.705. The second kappa shape index (κ2) is 4.47. The first-order valence-electron chi connectivity index (χ1n) is 5.64. The van der Waals surface area contributed by atoms with Gasteiger partial charge >= 0.3 is 6.03 Å². The van der Waals surface area contributed by atoms with Crippen LogP contribution >= 0.6 is 0 Å². The fourth-order valence-electron chi connectivity index (χ4n) is 1.88. The summed E-state index contributed by atoms with van der Waals surface area (Å²) in [5.74, 6) is 0. The van der Waals surface area contributed by atoms with Gasteiger partial charge in [0.1, 0.15) is 0 Å². The van der Waals surface area contributed by atoms with Crippen LogP contribution < -0.4 is 0 Å². The summed E-state index contributed by atoms with van der Waals surface area (Å²) in [5, 5.41) is 4.09. The van der Waals surface area contributed by atoms with Crippen molar-refractivity contribution in [3.63, 3.8) is 0 Å². The first kappa shape index (κ1) is 10.2. The molecule has 1 fully saturated rings. The van der Waals surface area contributed by atoms with Gasteiger partial charge in [-0.25, -0.2) is 4.79 Å². The van der Waals surface area contributed by atoms with E-state index in [1.807, 2.05) is 11.1 Å². The van der Waals surface area contributed by atoms with Gasteiger partial charge in [0, 0.05) is 19.3 Å². The number of aromatic nitrogens is 2. The second-order valence-electron chi connectivity index (χ2n) is 3.98. The monoisotopic (exact) mass is 207 g/mol. The van der Waals surface area contributed by atoms with Gasteiger partial charge in [0.15, 0.2) is 0 Å². The summed E-state index contributed by atoms with van der Waals surface area (Å²) in [6.07, 6.45) is 8.00. The summed E-state index contributed by atoms with van der Waals surface area (Å²) >= 11 is 0. The molecule has 0 bridgehead atoms. The number of amides is 1. The molecule has 0 aliphatic carbocycles. The minimum Gasteiger partial charge on any atom is -0.323 e. The molecule has 1 amide bonds. The molecule has 1 aliphatic heterocycles. The van der Waals surface area contributed by atoms with E-state index in [2.05, 4.69) is 12.0 Å². The third-order valence-corrected chi connectivity index (χ3v) is 2.87. The Morgan fingerprint density at radius 2 is 2.13 bits per heavy atom. The molecule has 1 saturated heterocycles. The molecule has 4 heteroatoms. The number of likely N-dealkylation sites (tertiary alicyclic amines) is 1.